The standard InChI is InChI=1S/C10H14N3O8S3/c11-22(14,15)8-1-2-9(10(7-8)24(18,19)20)23(16,17)12-13-3-5-21-6-4-13/h1-2,7,11-12H,3-6H2,(H,18,19,20). The molecular formula is C10H14N3O8S3. The zero-order valence-corrected chi connectivity index (χ0v) is 14.5. The fourth-order valence-electron chi connectivity index (χ4n) is 1.95. The summed E-state index contributed by atoms with van der Waals surface area (Å²) < 4.78 is 84.3. The maximum atomic E-state index is 12.4. The Morgan fingerprint density at radius 2 is 1.62 bits per heavy atom. The average Bonchev–Trinajstić information content (AvgIpc) is 2.45. The van der Waals surface area contributed by atoms with Crippen molar-refractivity contribution in [3.8, 4) is 0 Å². The van der Waals surface area contributed by atoms with E-state index in [9.17, 15) is 29.8 Å². The summed E-state index contributed by atoms with van der Waals surface area (Å²) in [6.07, 6.45) is 0. The SMILES string of the molecule is [NH]S(=O)(=O)c1ccc(S(=O)(=O)NN2CCOCC2)c(S(=O)(=O)O)c1. The second-order valence-corrected chi connectivity index (χ2v) is 9.28. The Morgan fingerprint density at radius 3 is 2.12 bits per heavy atom. The van der Waals surface area contributed by atoms with E-state index in [4.69, 9.17) is 9.88 Å². The highest BCUT2D eigenvalue weighted by Crippen LogP contribution is 2.24. The second-order valence-electron chi connectivity index (χ2n) is 4.78. The zero-order valence-electron chi connectivity index (χ0n) is 12.0. The lowest BCUT2D eigenvalue weighted by Gasteiger charge is -2.27. The van der Waals surface area contributed by atoms with Crippen LogP contribution < -0.4 is 9.97 Å². The van der Waals surface area contributed by atoms with Gasteiger partial charge in [0.1, 0.15) is 9.79 Å². The van der Waals surface area contributed by atoms with Crippen LogP contribution >= 0.6 is 0 Å². The highest BCUT2D eigenvalue weighted by Gasteiger charge is 2.29. The van der Waals surface area contributed by atoms with Gasteiger partial charge in [0, 0.05) is 13.1 Å². The minimum absolute atomic E-state index is 0.222. The van der Waals surface area contributed by atoms with E-state index in [0.29, 0.717) is 12.1 Å². The molecule has 0 aliphatic carbocycles. The van der Waals surface area contributed by atoms with Crippen LogP contribution in [0.25, 0.3) is 0 Å². The van der Waals surface area contributed by atoms with Crippen molar-refractivity contribution in [2.45, 2.75) is 14.7 Å². The van der Waals surface area contributed by atoms with Crippen LogP contribution in [0.3, 0.4) is 0 Å². The fraction of sp³-hybridized carbons (Fsp3) is 0.400. The summed E-state index contributed by atoms with van der Waals surface area (Å²) in [4.78, 5) is -0.586. The molecule has 0 amide bonds. The highest BCUT2D eigenvalue weighted by atomic mass is 32.2. The number of rotatable bonds is 5. The van der Waals surface area contributed by atoms with Crippen molar-refractivity contribution in [1.82, 2.24) is 15.0 Å². The minimum Gasteiger partial charge on any atom is -0.379 e. The Morgan fingerprint density at radius 1 is 1.04 bits per heavy atom. The first-order chi connectivity index (χ1) is 10.9. The van der Waals surface area contributed by atoms with E-state index in [1.807, 2.05) is 0 Å². The van der Waals surface area contributed by atoms with Crippen molar-refractivity contribution in [3.63, 3.8) is 0 Å². The number of benzene rings is 1. The average molecular weight is 400 g/mol. The van der Waals surface area contributed by atoms with Gasteiger partial charge < -0.3 is 4.74 Å². The van der Waals surface area contributed by atoms with Crippen LogP contribution in [0.5, 0.6) is 0 Å². The Hall–Kier alpha value is -1.13. The van der Waals surface area contributed by atoms with Crippen LogP contribution in [-0.4, -0.2) is 61.1 Å². The summed E-state index contributed by atoms with van der Waals surface area (Å²) in [5, 5.41) is 8.19. The van der Waals surface area contributed by atoms with Gasteiger partial charge in [0.2, 0.25) is 0 Å². The molecule has 1 aromatic rings. The third-order valence-electron chi connectivity index (χ3n) is 3.05. The summed E-state index contributed by atoms with van der Waals surface area (Å²) in [5.74, 6) is 0. The topological polar surface area (TPSA) is 171 Å². The van der Waals surface area contributed by atoms with E-state index in [1.165, 1.54) is 5.01 Å². The third kappa shape index (κ3) is 4.48. The van der Waals surface area contributed by atoms with E-state index in [1.54, 1.807) is 0 Å². The lowest BCUT2D eigenvalue weighted by molar-refractivity contribution is 0.0272. The molecule has 0 spiro atoms. The fourth-order valence-corrected chi connectivity index (χ4v) is 4.98. The second kappa shape index (κ2) is 6.64. The Labute approximate surface area is 139 Å². The molecule has 1 fully saturated rings. The predicted molar refractivity (Wildman–Crippen MR) is 79.3 cm³/mol. The minimum atomic E-state index is -5.05. The van der Waals surface area contributed by atoms with Gasteiger partial charge >= 0.3 is 0 Å². The molecular weight excluding hydrogens is 386 g/mol. The molecule has 0 unspecified atom stereocenters. The Bertz CT molecular complexity index is 934. The molecule has 1 heterocycles. The molecule has 0 atom stereocenters. The van der Waals surface area contributed by atoms with E-state index in [-0.39, 0.29) is 26.3 Å². The van der Waals surface area contributed by atoms with Gasteiger partial charge in [-0.2, -0.15) is 8.42 Å². The number of hydrogen-bond acceptors (Lipinski definition) is 8. The third-order valence-corrected chi connectivity index (χ3v) is 6.38. The van der Waals surface area contributed by atoms with Gasteiger partial charge in [-0.25, -0.2) is 21.8 Å². The monoisotopic (exact) mass is 400 g/mol. The number of nitrogens with one attached hydrogen (secondary N) is 2. The van der Waals surface area contributed by atoms with Crippen LogP contribution in [0.15, 0.2) is 32.9 Å². The van der Waals surface area contributed by atoms with Gasteiger partial charge in [0.25, 0.3) is 30.2 Å². The first-order valence-electron chi connectivity index (χ1n) is 6.37. The first kappa shape index (κ1) is 19.2. The number of nitrogens with zero attached hydrogens (tertiary/aromatic N) is 1. The molecule has 24 heavy (non-hydrogen) atoms. The molecule has 135 valence electrons. The molecule has 0 bridgehead atoms. The molecule has 1 radical (unpaired) electrons. The van der Waals surface area contributed by atoms with Crippen molar-refractivity contribution in [2.24, 2.45) is 0 Å². The van der Waals surface area contributed by atoms with Crippen LogP contribution in [0, 0.1) is 0 Å². The zero-order chi connectivity index (χ0) is 18.2. The summed E-state index contributed by atoms with van der Waals surface area (Å²) in [6.45, 7) is 0.979. The highest BCUT2D eigenvalue weighted by molar-refractivity contribution is 7.91. The molecule has 0 saturated carbocycles. The summed E-state index contributed by atoms with van der Waals surface area (Å²) in [7, 11) is -14.0. The smallest absolute Gasteiger partial charge is 0.295 e. The molecule has 1 saturated heterocycles. The molecule has 1 aromatic carbocycles. The lowest BCUT2D eigenvalue weighted by Crippen LogP contribution is -2.48. The lowest BCUT2D eigenvalue weighted by atomic mass is 10.4. The van der Waals surface area contributed by atoms with Crippen molar-refractivity contribution < 1.29 is 34.5 Å². The predicted octanol–water partition coefficient (Wildman–Crippen LogP) is -1.57. The van der Waals surface area contributed by atoms with E-state index in [2.05, 4.69) is 4.83 Å². The Kier molecular flexibility index (Phi) is 5.31. The van der Waals surface area contributed by atoms with E-state index < -0.39 is 44.9 Å². The number of hydrazine groups is 1. The number of hydrogen-bond donors (Lipinski definition) is 2. The number of ether oxygens (including phenoxy) is 1. The van der Waals surface area contributed by atoms with Gasteiger partial charge in [-0.1, -0.05) is 0 Å². The van der Waals surface area contributed by atoms with Crippen molar-refractivity contribution in [1.29, 1.82) is 0 Å². The number of morpholine rings is 1. The normalized spacial score (nSPS) is 17.8. The maximum Gasteiger partial charge on any atom is 0.295 e. The maximum absolute atomic E-state index is 12.4. The van der Waals surface area contributed by atoms with Crippen LogP contribution in [0.4, 0.5) is 0 Å². The van der Waals surface area contributed by atoms with Crippen LogP contribution in [0.1, 0.15) is 0 Å². The van der Waals surface area contributed by atoms with Gasteiger partial charge in [0.05, 0.1) is 18.1 Å². The molecule has 3 N–H and O–H groups in total. The van der Waals surface area contributed by atoms with Crippen molar-refractivity contribution in [2.75, 3.05) is 26.3 Å². The number of sulfonamides is 2. The van der Waals surface area contributed by atoms with E-state index in [0.717, 1.165) is 6.07 Å². The summed E-state index contributed by atoms with van der Waals surface area (Å²) >= 11 is 0. The van der Waals surface area contributed by atoms with Gasteiger partial charge in [-0.15, -0.1) is 9.97 Å². The Balaban J connectivity index is 2.52. The van der Waals surface area contributed by atoms with Crippen LogP contribution in [-0.2, 0) is 34.9 Å². The summed E-state index contributed by atoms with van der Waals surface area (Å²) in [6, 6.07) is 1.89. The quantitative estimate of drug-likeness (QED) is 0.554. The largest absolute Gasteiger partial charge is 0.379 e. The van der Waals surface area contributed by atoms with E-state index >= 15 is 0 Å². The molecule has 1 aliphatic rings. The van der Waals surface area contributed by atoms with Crippen molar-refractivity contribution >= 4 is 30.2 Å². The van der Waals surface area contributed by atoms with Crippen molar-refractivity contribution in [3.05, 3.63) is 18.2 Å². The van der Waals surface area contributed by atoms with Gasteiger partial charge in [-0.05, 0) is 18.2 Å². The van der Waals surface area contributed by atoms with Crippen LogP contribution in [0.2, 0.25) is 0 Å². The van der Waals surface area contributed by atoms with Gasteiger partial charge in [-0.3, -0.25) is 4.55 Å². The molecule has 11 nitrogen and oxygen atoms in total. The summed E-state index contributed by atoms with van der Waals surface area (Å²) in [5.41, 5.74) is 0. The molecule has 1 aliphatic heterocycles. The van der Waals surface area contributed by atoms with Gasteiger partial charge in [0.15, 0.2) is 0 Å². The molecule has 14 heteroatoms. The molecule has 2 rings (SSSR count). The first-order valence-corrected chi connectivity index (χ1v) is 10.8. The molecule has 0 aromatic heterocycles.